The average molecular weight is 212 g/mol. The second kappa shape index (κ2) is 4.28. The van der Waals surface area contributed by atoms with Crippen molar-refractivity contribution in [2.45, 2.75) is 6.92 Å². The molecule has 0 unspecified atom stereocenters. The molecule has 0 fully saturated rings. The van der Waals surface area contributed by atoms with Gasteiger partial charge in [0.1, 0.15) is 0 Å². The zero-order chi connectivity index (χ0) is 9.84. The second-order valence-corrected chi connectivity index (χ2v) is 3.06. The molecule has 0 bridgehead atoms. The highest BCUT2D eigenvalue weighted by Crippen LogP contribution is 2.16. The summed E-state index contributed by atoms with van der Waals surface area (Å²) < 4.78 is 0. The molecule has 0 radical (unpaired) electrons. The third kappa shape index (κ3) is 2.46. The summed E-state index contributed by atoms with van der Waals surface area (Å²) in [5, 5.41) is 2.65. The van der Waals surface area contributed by atoms with Crippen molar-refractivity contribution in [3.63, 3.8) is 0 Å². The van der Waals surface area contributed by atoms with Crippen molar-refractivity contribution in [3.05, 3.63) is 34.3 Å². The van der Waals surface area contributed by atoms with Crippen LogP contribution in [0.5, 0.6) is 0 Å². The second-order valence-electron chi connectivity index (χ2n) is 2.47. The maximum absolute atomic E-state index is 11.2. The van der Waals surface area contributed by atoms with Gasteiger partial charge in [-0.25, -0.2) is 0 Å². The van der Waals surface area contributed by atoms with Crippen molar-refractivity contribution >= 4 is 34.9 Å². The Morgan fingerprint density at radius 2 is 2.31 bits per heavy atom. The van der Waals surface area contributed by atoms with E-state index in [0.717, 1.165) is 5.56 Å². The highest BCUT2D eigenvalue weighted by atomic mass is 35.5. The van der Waals surface area contributed by atoms with Crippen LogP contribution in [0.15, 0.2) is 23.2 Å². The molecule has 0 saturated heterocycles. The summed E-state index contributed by atoms with van der Waals surface area (Å²) in [5.74, 6) is -0.394. The number of carbonyl (C=O) groups excluding carboxylic acids is 1. The highest BCUT2D eigenvalue weighted by molar-refractivity contribution is 7.78. The van der Waals surface area contributed by atoms with Crippen LogP contribution in [-0.4, -0.2) is 11.1 Å². The SMILES string of the molecule is Cc1cc(C(=O)N=C=S)ccc1Cl. The number of hydrogen-bond acceptors (Lipinski definition) is 2. The quantitative estimate of drug-likeness (QED) is 0.528. The van der Waals surface area contributed by atoms with Crippen LogP contribution in [0.3, 0.4) is 0 Å². The standard InChI is InChI=1S/C9H6ClNOS/c1-6-4-7(2-3-8(6)10)9(12)11-5-13/h2-4H,1H3. The maximum atomic E-state index is 11.2. The third-order valence-electron chi connectivity index (χ3n) is 1.55. The maximum Gasteiger partial charge on any atom is 0.285 e. The zero-order valence-electron chi connectivity index (χ0n) is 6.87. The smallest absolute Gasteiger partial charge is 0.266 e. The normalized spacial score (nSPS) is 9.08. The number of aryl methyl sites for hydroxylation is 1. The molecule has 1 aromatic carbocycles. The van der Waals surface area contributed by atoms with E-state index in [1.165, 1.54) is 0 Å². The van der Waals surface area contributed by atoms with Crippen LogP contribution in [-0.2, 0) is 0 Å². The van der Waals surface area contributed by atoms with Crippen molar-refractivity contribution in [1.29, 1.82) is 0 Å². The van der Waals surface area contributed by atoms with Crippen LogP contribution >= 0.6 is 23.8 Å². The van der Waals surface area contributed by atoms with E-state index in [1.807, 2.05) is 12.1 Å². The Hall–Kier alpha value is -1.02. The number of benzene rings is 1. The first-order valence-corrected chi connectivity index (χ1v) is 4.32. The minimum atomic E-state index is -0.394. The van der Waals surface area contributed by atoms with Crippen LogP contribution in [0.4, 0.5) is 0 Å². The van der Waals surface area contributed by atoms with Crippen molar-refractivity contribution < 1.29 is 4.79 Å². The Labute approximate surface area is 86.2 Å². The summed E-state index contributed by atoms with van der Waals surface area (Å²) in [6, 6.07) is 4.93. The fourth-order valence-corrected chi connectivity index (χ4v) is 1.08. The average Bonchev–Trinajstić information content (AvgIpc) is 2.10. The molecule has 0 saturated carbocycles. The molecule has 0 atom stereocenters. The molecule has 0 aromatic heterocycles. The van der Waals surface area contributed by atoms with Crippen LogP contribution in [0.2, 0.25) is 5.02 Å². The van der Waals surface area contributed by atoms with Crippen molar-refractivity contribution in [2.75, 3.05) is 0 Å². The van der Waals surface area contributed by atoms with Gasteiger partial charge < -0.3 is 0 Å². The Kier molecular flexibility index (Phi) is 3.32. The summed E-state index contributed by atoms with van der Waals surface area (Å²) in [7, 11) is 0. The largest absolute Gasteiger partial charge is 0.285 e. The number of rotatable bonds is 1. The summed E-state index contributed by atoms with van der Waals surface area (Å²) in [6.07, 6.45) is 0. The first kappa shape index (κ1) is 10.1. The van der Waals surface area contributed by atoms with Gasteiger partial charge in [0.25, 0.3) is 5.91 Å². The number of isothiocyanates is 1. The molecule has 0 aliphatic carbocycles. The van der Waals surface area contributed by atoms with Gasteiger partial charge in [-0.1, -0.05) is 11.6 Å². The number of hydrogen-bond donors (Lipinski definition) is 0. The van der Waals surface area contributed by atoms with Crippen LogP contribution in [0, 0.1) is 6.92 Å². The van der Waals surface area contributed by atoms with Gasteiger partial charge in [0.2, 0.25) is 0 Å². The number of thiocarbonyl (C=S) groups is 1. The monoisotopic (exact) mass is 211 g/mol. The number of amides is 1. The molecule has 1 aromatic rings. The predicted molar refractivity (Wildman–Crippen MR) is 55.5 cm³/mol. The number of carbonyl (C=O) groups is 1. The van der Waals surface area contributed by atoms with E-state index in [4.69, 9.17) is 11.6 Å². The van der Waals surface area contributed by atoms with Crippen LogP contribution in [0.1, 0.15) is 15.9 Å². The molecule has 13 heavy (non-hydrogen) atoms. The highest BCUT2D eigenvalue weighted by Gasteiger charge is 2.04. The Morgan fingerprint density at radius 1 is 1.62 bits per heavy atom. The number of aliphatic imine (C=N–C) groups is 1. The molecule has 0 spiro atoms. The number of halogens is 1. The minimum absolute atomic E-state index is 0.394. The lowest BCUT2D eigenvalue weighted by atomic mass is 10.1. The Balaban J connectivity index is 3.10. The Bertz CT molecular complexity index is 397. The van der Waals surface area contributed by atoms with Crippen molar-refractivity contribution in [3.8, 4) is 0 Å². The fourth-order valence-electron chi connectivity index (χ4n) is 0.884. The molecule has 4 heteroatoms. The van der Waals surface area contributed by atoms with E-state index in [2.05, 4.69) is 17.2 Å². The summed E-state index contributed by atoms with van der Waals surface area (Å²) in [4.78, 5) is 14.5. The van der Waals surface area contributed by atoms with Gasteiger partial charge in [0.15, 0.2) is 0 Å². The summed E-state index contributed by atoms with van der Waals surface area (Å²) >= 11 is 10.1. The van der Waals surface area contributed by atoms with E-state index in [-0.39, 0.29) is 0 Å². The van der Waals surface area contributed by atoms with E-state index in [0.29, 0.717) is 10.6 Å². The van der Waals surface area contributed by atoms with E-state index < -0.39 is 5.91 Å². The van der Waals surface area contributed by atoms with Gasteiger partial charge in [-0.3, -0.25) is 4.79 Å². The van der Waals surface area contributed by atoms with Crippen molar-refractivity contribution in [1.82, 2.24) is 0 Å². The van der Waals surface area contributed by atoms with Crippen LogP contribution < -0.4 is 0 Å². The van der Waals surface area contributed by atoms with Crippen LogP contribution in [0.25, 0.3) is 0 Å². The lowest BCUT2D eigenvalue weighted by Crippen LogP contribution is -1.94. The van der Waals surface area contributed by atoms with Gasteiger partial charge in [-0.05, 0) is 42.9 Å². The molecule has 1 rings (SSSR count). The topological polar surface area (TPSA) is 29.4 Å². The van der Waals surface area contributed by atoms with Gasteiger partial charge in [-0.15, -0.1) is 0 Å². The van der Waals surface area contributed by atoms with Gasteiger partial charge in [0, 0.05) is 10.6 Å². The number of nitrogens with zero attached hydrogens (tertiary/aromatic N) is 1. The molecular weight excluding hydrogens is 206 g/mol. The molecule has 0 N–H and O–H groups in total. The first-order valence-electron chi connectivity index (χ1n) is 3.53. The summed E-state index contributed by atoms with van der Waals surface area (Å²) in [5.41, 5.74) is 1.31. The first-order chi connectivity index (χ1) is 6.15. The lowest BCUT2D eigenvalue weighted by Gasteiger charge is -1.98. The van der Waals surface area contributed by atoms with Gasteiger partial charge in [-0.2, -0.15) is 4.99 Å². The summed E-state index contributed by atoms with van der Waals surface area (Å²) in [6.45, 7) is 1.82. The molecule has 0 heterocycles. The predicted octanol–water partition coefficient (Wildman–Crippen LogP) is 2.89. The molecular formula is C9H6ClNOS. The molecule has 0 aliphatic heterocycles. The van der Waals surface area contributed by atoms with Gasteiger partial charge >= 0.3 is 0 Å². The van der Waals surface area contributed by atoms with E-state index in [9.17, 15) is 4.79 Å². The van der Waals surface area contributed by atoms with Gasteiger partial charge in [0.05, 0.1) is 5.16 Å². The van der Waals surface area contributed by atoms with E-state index in [1.54, 1.807) is 18.2 Å². The zero-order valence-corrected chi connectivity index (χ0v) is 8.45. The fraction of sp³-hybridized carbons (Fsp3) is 0.111. The Morgan fingerprint density at radius 3 is 2.85 bits per heavy atom. The molecule has 1 amide bonds. The molecule has 66 valence electrons. The molecule has 2 nitrogen and oxygen atoms in total. The minimum Gasteiger partial charge on any atom is -0.266 e. The third-order valence-corrected chi connectivity index (χ3v) is 2.07. The lowest BCUT2D eigenvalue weighted by molar-refractivity contribution is 0.100. The van der Waals surface area contributed by atoms with Crippen molar-refractivity contribution in [2.24, 2.45) is 4.99 Å². The molecule has 0 aliphatic rings. The van der Waals surface area contributed by atoms with E-state index >= 15 is 0 Å².